The molecule has 24 heavy (non-hydrogen) atoms. The lowest BCUT2D eigenvalue weighted by Crippen LogP contribution is -2.27. The van der Waals surface area contributed by atoms with Crippen LogP contribution in [0.15, 0.2) is 60.2 Å². The first-order valence-corrected chi connectivity index (χ1v) is 8.26. The molecule has 2 heterocycles. The molecule has 1 atom stereocenters. The molecule has 122 valence electrons. The molecule has 0 aliphatic rings. The summed E-state index contributed by atoms with van der Waals surface area (Å²) in [6, 6.07) is 9.73. The van der Waals surface area contributed by atoms with E-state index >= 15 is 0 Å². The molecule has 1 aromatic carbocycles. The normalized spacial score (nSPS) is 12.4. The van der Waals surface area contributed by atoms with Crippen LogP contribution in [0.25, 0.3) is 6.08 Å². The molecule has 1 N–H and O–H groups in total. The van der Waals surface area contributed by atoms with Crippen LogP contribution in [0.3, 0.4) is 0 Å². The van der Waals surface area contributed by atoms with Gasteiger partial charge in [0.25, 0.3) is 0 Å². The van der Waals surface area contributed by atoms with Gasteiger partial charge in [-0.05, 0) is 35.2 Å². The molecule has 0 bridgehead atoms. The highest BCUT2D eigenvalue weighted by Crippen LogP contribution is 2.26. The van der Waals surface area contributed by atoms with Gasteiger partial charge >= 0.3 is 0 Å². The van der Waals surface area contributed by atoms with Crippen LogP contribution in [-0.4, -0.2) is 15.7 Å². The van der Waals surface area contributed by atoms with E-state index in [2.05, 4.69) is 10.4 Å². The van der Waals surface area contributed by atoms with Crippen molar-refractivity contribution in [3.8, 4) is 0 Å². The van der Waals surface area contributed by atoms with Crippen molar-refractivity contribution >= 4 is 23.3 Å². The summed E-state index contributed by atoms with van der Waals surface area (Å²) in [5, 5.41) is 8.97. The summed E-state index contributed by atoms with van der Waals surface area (Å²) in [6.07, 6.45) is 6.68. The van der Waals surface area contributed by atoms with Crippen molar-refractivity contribution in [3.63, 3.8) is 0 Å². The van der Waals surface area contributed by atoms with E-state index in [1.807, 2.05) is 30.8 Å². The van der Waals surface area contributed by atoms with E-state index in [4.69, 9.17) is 0 Å². The third-order valence-electron chi connectivity index (χ3n) is 3.47. The summed E-state index contributed by atoms with van der Waals surface area (Å²) >= 11 is 1.54. The molecule has 1 amide bonds. The first-order valence-electron chi connectivity index (χ1n) is 7.38. The minimum Gasteiger partial charge on any atom is -0.341 e. The average molecular weight is 341 g/mol. The molecule has 0 aliphatic heterocycles. The molecule has 0 aliphatic carbocycles. The Morgan fingerprint density at radius 2 is 2.12 bits per heavy atom. The number of carbonyl (C=O) groups excluding carboxylic acids is 1. The minimum absolute atomic E-state index is 0.221. The van der Waals surface area contributed by atoms with Gasteiger partial charge in [0, 0.05) is 29.8 Å². The predicted molar refractivity (Wildman–Crippen MR) is 92.9 cm³/mol. The van der Waals surface area contributed by atoms with Gasteiger partial charge in [-0.15, -0.1) is 11.3 Å². The SMILES string of the molecule is Cn1cc(/C=C/C(=O)N[C@H](c2ccc(F)cc2)c2cccs2)cn1. The summed E-state index contributed by atoms with van der Waals surface area (Å²) < 4.78 is 14.8. The quantitative estimate of drug-likeness (QED) is 0.722. The number of nitrogens with one attached hydrogen (secondary N) is 1. The fraction of sp³-hybridized carbons (Fsp3) is 0.111. The van der Waals surface area contributed by atoms with E-state index < -0.39 is 0 Å². The fourth-order valence-electron chi connectivity index (χ4n) is 2.32. The number of thiophene rings is 1. The molecule has 0 fully saturated rings. The molecule has 3 rings (SSSR count). The Bertz CT molecular complexity index is 838. The number of aromatic nitrogens is 2. The monoisotopic (exact) mass is 341 g/mol. The summed E-state index contributed by atoms with van der Waals surface area (Å²) in [5.74, 6) is -0.520. The van der Waals surface area contributed by atoms with Crippen LogP contribution in [0.5, 0.6) is 0 Å². The molecular weight excluding hydrogens is 325 g/mol. The van der Waals surface area contributed by atoms with Crippen LogP contribution >= 0.6 is 11.3 Å². The zero-order valence-electron chi connectivity index (χ0n) is 13.0. The Morgan fingerprint density at radius 1 is 1.33 bits per heavy atom. The number of benzene rings is 1. The summed E-state index contributed by atoms with van der Waals surface area (Å²) in [4.78, 5) is 13.3. The lowest BCUT2D eigenvalue weighted by molar-refractivity contribution is -0.116. The highest BCUT2D eigenvalue weighted by atomic mass is 32.1. The smallest absolute Gasteiger partial charge is 0.244 e. The second-order valence-corrected chi connectivity index (χ2v) is 6.27. The Kier molecular flexibility index (Phi) is 4.86. The van der Waals surface area contributed by atoms with E-state index in [1.54, 1.807) is 40.4 Å². The van der Waals surface area contributed by atoms with Crippen molar-refractivity contribution in [1.82, 2.24) is 15.1 Å². The molecule has 0 spiro atoms. The van der Waals surface area contributed by atoms with Crippen molar-refractivity contribution in [3.05, 3.63) is 82.1 Å². The van der Waals surface area contributed by atoms with E-state index in [1.165, 1.54) is 18.2 Å². The topological polar surface area (TPSA) is 46.9 Å². The Labute approximate surface area is 143 Å². The standard InChI is InChI=1S/C18H16FN3OS/c1-22-12-13(11-20-22)4-9-17(23)21-18(16-3-2-10-24-16)14-5-7-15(19)8-6-14/h2-12,18H,1H3,(H,21,23)/b9-4+/t18-/m1/s1. The maximum atomic E-state index is 13.2. The van der Waals surface area contributed by atoms with E-state index in [-0.39, 0.29) is 17.8 Å². The predicted octanol–water partition coefficient (Wildman–Crippen LogP) is 3.54. The number of hydrogen-bond acceptors (Lipinski definition) is 3. The number of carbonyl (C=O) groups is 1. The lowest BCUT2D eigenvalue weighted by atomic mass is 10.1. The van der Waals surface area contributed by atoms with Crippen LogP contribution in [0, 0.1) is 5.82 Å². The van der Waals surface area contributed by atoms with Crippen LogP contribution in [-0.2, 0) is 11.8 Å². The van der Waals surface area contributed by atoms with Crippen molar-refractivity contribution in [1.29, 1.82) is 0 Å². The highest BCUT2D eigenvalue weighted by molar-refractivity contribution is 7.10. The molecule has 0 unspecified atom stereocenters. The molecule has 3 aromatic rings. The number of rotatable bonds is 5. The Morgan fingerprint density at radius 3 is 2.75 bits per heavy atom. The van der Waals surface area contributed by atoms with Gasteiger partial charge in [-0.1, -0.05) is 18.2 Å². The zero-order valence-corrected chi connectivity index (χ0v) is 13.8. The largest absolute Gasteiger partial charge is 0.341 e. The number of aryl methyl sites for hydroxylation is 1. The van der Waals surface area contributed by atoms with E-state index in [0.717, 1.165) is 16.0 Å². The lowest BCUT2D eigenvalue weighted by Gasteiger charge is -2.17. The van der Waals surface area contributed by atoms with Gasteiger partial charge in [0.1, 0.15) is 5.82 Å². The molecule has 6 heteroatoms. The second kappa shape index (κ2) is 7.23. The molecule has 2 aromatic heterocycles. The molecular formula is C18H16FN3OS. The number of nitrogens with zero attached hydrogens (tertiary/aromatic N) is 2. The summed E-state index contributed by atoms with van der Waals surface area (Å²) in [7, 11) is 1.82. The van der Waals surface area contributed by atoms with Crippen LogP contribution in [0.4, 0.5) is 4.39 Å². The highest BCUT2D eigenvalue weighted by Gasteiger charge is 2.16. The minimum atomic E-state index is -0.309. The summed E-state index contributed by atoms with van der Waals surface area (Å²) in [6.45, 7) is 0. The number of hydrogen-bond donors (Lipinski definition) is 1. The van der Waals surface area contributed by atoms with Gasteiger partial charge in [0.05, 0.1) is 12.2 Å². The molecule has 0 saturated carbocycles. The van der Waals surface area contributed by atoms with Crippen LogP contribution in [0.2, 0.25) is 0 Å². The van der Waals surface area contributed by atoms with Gasteiger partial charge < -0.3 is 5.32 Å². The maximum Gasteiger partial charge on any atom is 0.244 e. The first-order chi connectivity index (χ1) is 11.6. The number of amides is 1. The van der Waals surface area contributed by atoms with Gasteiger partial charge in [0.15, 0.2) is 0 Å². The average Bonchev–Trinajstić information content (AvgIpc) is 3.23. The van der Waals surface area contributed by atoms with Crippen molar-refractivity contribution in [2.45, 2.75) is 6.04 Å². The van der Waals surface area contributed by atoms with Crippen molar-refractivity contribution in [2.75, 3.05) is 0 Å². The van der Waals surface area contributed by atoms with E-state index in [9.17, 15) is 9.18 Å². The molecule has 0 radical (unpaired) electrons. The van der Waals surface area contributed by atoms with Gasteiger partial charge in [-0.3, -0.25) is 9.48 Å². The zero-order chi connectivity index (χ0) is 16.9. The van der Waals surface area contributed by atoms with Gasteiger partial charge in [-0.2, -0.15) is 5.10 Å². The third-order valence-corrected chi connectivity index (χ3v) is 4.41. The van der Waals surface area contributed by atoms with Crippen LogP contribution in [0.1, 0.15) is 22.0 Å². The molecule has 4 nitrogen and oxygen atoms in total. The maximum absolute atomic E-state index is 13.2. The second-order valence-electron chi connectivity index (χ2n) is 5.29. The van der Waals surface area contributed by atoms with E-state index in [0.29, 0.717) is 0 Å². The Hall–Kier alpha value is -2.73. The third kappa shape index (κ3) is 3.97. The molecule has 0 saturated heterocycles. The first kappa shape index (κ1) is 16.1. The summed E-state index contributed by atoms with van der Waals surface area (Å²) in [5.41, 5.74) is 1.68. The van der Waals surface area contributed by atoms with Crippen molar-refractivity contribution in [2.24, 2.45) is 7.05 Å². The Balaban J connectivity index is 1.78. The van der Waals surface area contributed by atoms with Crippen molar-refractivity contribution < 1.29 is 9.18 Å². The fourth-order valence-corrected chi connectivity index (χ4v) is 3.12. The van der Waals surface area contributed by atoms with Gasteiger partial charge in [0.2, 0.25) is 5.91 Å². The van der Waals surface area contributed by atoms with Crippen LogP contribution < -0.4 is 5.32 Å². The number of halogens is 1. The van der Waals surface area contributed by atoms with Gasteiger partial charge in [-0.25, -0.2) is 4.39 Å².